The summed E-state index contributed by atoms with van der Waals surface area (Å²) in [6.07, 6.45) is 0. The molecule has 0 unspecified atom stereocenters. The van der Waals surface area contributed by atoms with E-state index in [0.717, 1.165) is 11.8 Å². The number of anilines is 1. The molecular weight excluding hydrogens is 384 g/mol. The third-order valence-corrected chi connectivity index (χ3v) is 4.65. The van der Waals surface area contributed by atoms with Gasteiger partial charge in [-0.15, -0.1) is 10.2 Å². The minimum atomic E-state index is -0.500. The Morgan fingerprint density at radius 2 is 2.00 bits per heavy atom. The number of benzene rings is 2. The number of hydrogen-bond donors (Lipinski definition) is 1. The van der Waals surface area contributed by atoms with Crippen molar-refractivity contribution in [1.29, 1.82) is 0 Å². The summed E-state index contributed by atoms with van der Waals surface area (Å²) in [6.45, 7) is 1.71. The van der Waals surface area contributed by atoms with E-state index in [1.54, 1.807) is 44.4 Å². The van der Waals surface area contributed by atoms with Gasteiger partial charge >= 0.3 is 0 Å². The maximum absolute atomic E-state index is 12.3. The van der Waals surface area contributed by atoms with Crippen LogP contribution in [0.25, 0.3) is 11.5 Å². The number of non-ortho nitro benzene ring substituents is 1. The Kier molecular flexibility index (Phi) is 5.90. The lowest BCUT2D eigenvalue weighted by molar-refractivity contribution is -0.384. The van der Waals surface area contributed by atoms with Gasteiger partial charge in [-0.1, -0.05) is 17.8 Å². The summed E-state index contributed by atoms with van der Waals surface area (Å²) in [5.74, 6) is 0.610. The summed E-state index contributed by atoms with van der Waals surface area (Å²) >= 11 is 1.09. The molecule has 10 heteroatoms. The Morgan fingerprint density at radius 1 is 1.25 bits per heavy atom. The number of aromatic nitrogens is 2. The smallest absolute Gasteiger partial charge is 0.277 e. The van der Waals surface area contributed by atoms with Gasteiger partial charge in [-0.05, 0) is 37.3 Å². The summed E-state index contributed by atoms with van der Waals surface area (Å²) < 4.78 is 10.6. The second-order valence-electron chi connectivity index (χ2n) is 5.66. The SMILES string of the molecule is COc1ccc(NC(=O)[C@H](C)Sc2nnc(-c3cccc([N+](=O)[O-])c3)o2)cc1. The van der Waals surface area contributed by atoms with Crippen molar-refractivity contribution >= 4 is 29.0 Å². The second kappa shape index (κ2) is 8.53. The van der Waals surface area contributed by atoms with Crippen molar-refractivity contribution in [3.8, 4) is 17.2 Å². The van der Waals surface area contributed by atoms with Crippen molar-refractivity contribution in [2.75, 3.05) is 12.4 Å². The van der Waals surface area contributed by atoms with Crippen molar-refractivity contribution < 1.29 is 18.9 Å². The highest BCUT2D eigenvalue weighted by Crippen LogP contribution is 2.28. The van der Waals surface area contributed by atoms with E-state index >= 15 is 0 Å². The number of carbonyl (C=O) groups is 1. The highest BCUT2D eigenvalue weighted by atomic mass is 32.2. The lowest BCUT2D eigenvalue weighted by Gasteiger charge is -2.10. The number of nitrogens with one attached hydrogen (secondary N) is 1. The summed E-state index contributed by atoms with van der Waals surface area (Å²) in [4.78, 5) is 22.7. The molecule has 9 nitrogen and oxygen atoms in total. The van der Waals surface area contributed by atoms with E-state index in [1.807, 2.05) is 0 Å². The van der Waals surface area contributed by atoms with E-state index < -0.39 is 10.2 Å². The van der Waals surface area contributed by atoms with Crippen molar-refractivity contribution in [1.82, 2.24) is 10.2 Å². The predicted molar refractivity (Wildman–Crippen MR) is 103 cm³/mol. The number of thioether (sulfide) groups is 1. The highest BCUT2D eigenvalue weighted by molar-refractivity contribution is 8.00. The molecule has 0 fully saturated rings. The molecule has 0 aliphatic heterocycles. The number of hydrogen-bond acceptors (Lipinski definition) is 8. The van der Waals surface area contributed by atoms with Crippen molar-refractivity contribution in [2.24, 2.45) is 0 Å². The van der Waals surface area contributed by atoms with Gasteiger partial charge in [0.25, 0.3) is 10.9 Å². The standard InChI is InChI=1S/C18H16N4O5S/c1-11(16(23)19-13-6-8-15(26-2)9-7-13)28-18-21-20-17(27-18)12-4-3-5-14(10-12)22(24)25/h3-11H,1-2H3,(H,19,23)/t11-/m0/s1. The molecule has 1 aromatic heterocycles. The zero-order valence-corrected chi connectivity index (χ0v) is 15.8. The Hall–Kier alpha value is -3.40. The molecule has 1 amide bonds. The van der Waals surface area contributed by atoms with Crippen LogP contribution in [-0.4, -0.2) is 33.4 Å². The van der Waals surface area contributed by atoms with Gasteiger partial charge in [0.15, 0.2) is 0 Å². The first-order valence-corrected chi connectivity index (χ1v) is 9.04. The molecule has 0 saturated carbocycles. The fraction of sp³-hybridized carbons (Fsp3) is 0.167. The van der Waals surface area contributed by atoms with Gasteiger partial charge in [-0.25, -0.2) is 0 Å². The van der Waals surface area contributed by atoms with Crippen molar-refractivity contribution in [3.05, 3.63) is 58.6 Å². The lowest BCUT2D eigenvalue weighted by Crippen LogP contribution is -2.22. The van der Waals surface area contributed by atoms with Crippen LogP contribution in [0.2, 0.25) is 0 Å². The van der Waals surface area contributed by atoms with Gasteiger partial charge in [0.05, 0.1) is 17.3 Å². The number of nitro benzene ring substituents is 1. The number of nitro groups is 1. The van der Waals surface area contributed by atoms with Gasteiger partial charge in [-0.2, -0.15) is 0 Å². The fourth-order valence-corrected chi connectivity index (χ4v) is 2.93. The maximum atomic E-state index is 12.3. The topological polar surface area (TPSA) is 120 Å². The number of methoxy groups -OCH3 is 1. The molecule has 3 rings (SSSR count). The average molecular weight is 400 g/mol. The molecule has 2 aromatic carbocycles. The first-order chi connectivity index (χ1) is 13.5. The third kappa shape index (κ3) is 4.65. The van der Waals surface area contributed by atoms with Crippen LogP contribution in [0.3, 0.4) is 0 Å². The van der Waals surface area contributed by atoms with Gasteiger partial charge in [0, 0.05) is 23.4 Å². The van der Waals surface area contributed by atoms with Gasteiger partial charge in [0.1, 0.15) is 5.75 Å². The largest absolute Gasteiger partial charge is 0.497 e. The first-order valence-electron chi connectivity index (χ1n) is 8.16. The lowest BCUT2D eigenvalue weighted by atomic mass is 10.2. The molecule has 0 bridgehead atoms. The average Bonchev–Trinajstić information content (AvgIpc) is 3.17. The van der Waals surface area contributed by atoms with Crippen LogP contribution in [0.1, 0.15) is 6.92 Å². The molecule has 0 spiro atoms. The summed E-state index contributed by atoms with van der Waals surface area (Å²) in [7, 11) is 1.57. The molecule has 144 valence electrons. The van der Waals surface area contributed by atoms with Crippen LogP contribution in [0.4, 0.5) is 11.4 Å². The summed E-state index contributed by atoms with van der Waals surface area (Å²) in [5.41, 5.74) is 1.00. The van der Waals surface area contributed by atoms with Crippen LogP contribution in [0.15, 0.2) is 58.2 Å². The third-order valence-electron chi connectivity index (χ3n) is 3.71. The summed E-state index contributed by atoms with van der Waals surface area (Å²) in [5, 5.41) is 21.2. The van der Waals surface area contributed by atoms with Gasteiger partial charge < -0.3 is 14.5 Å². The maximum Gasteiger partial charge on any atom is 0.277 e. The molecule has 0 radical (unpaired) electrons. The highest BCUT2D eigenvalue weighted by Gasteiger charge is 2.19. The molecule has 1 atom stereocenters. The number of amides is 1. The van der Waals surface area contributed by atoms with Crippen LogP contribution in [0.5, 0.6) is 5.75 Å². The van der Waals surface area contributed by atoms with Crippen LogP contribution >= 0.6 is 11.8 Å². The van der Waals surface area contributed by atoms with E-state index in [9.17, 15) is 14.9 Å². The second-order valence-corrected chi connectivity index (χ2v) is 6.95. The molecule has 0 aliphatic carbocycles. The van der Waals surface area contributed by atoms with E-state index in [-0.39, 0.29) is 22.7 Å². The fourth-order valence-electron chi connectivity index (χ4n) is 2.25. The van der Waals surface area contributed by atoms with E-state index in [0.29, 0.717) is 17.0 Å². The molecule has 1 N–H and O–H groups in total. The minimum Gasteiger partial charge on any atom is -0.497 e. The van der Waals surface area contributed by atoms with Crippen molar-refractivity contribution in [2.45, 2.75) is 17.4 Å². The van der Waals surface area contributed by atoms with Crippen LogP contribution in [-0.2, 0) is 4.79 Å². The van der Waals surface area contributed by atoms with E-state index in [2.05, 4.69) is 15.5 Å². The van der Waals surface area contributed by atoms with Crippen LogP contribution < -0.4 is 10.1 Å². The summed E-state index contributed by atoms with van der Waals surface area (Å²) in [6, 6.07) is 12.9. The monoisotopic (exact) mass is 400 g/mol. The van der Waals surface area contributed by atoms with Gasteiger partial charge in [-0.3, -0.25) is 14.9 Å². The van der Waals surface area contributed by atoms with E-state index in [4.69, 9.17) is 9.15 Å². The molecule has 28 heavy (non-hydrogen) atoms. The first kappa shape index (κ1) is 19.4. The van der Waals surface area contributed by atoms with Crippen LogP contribution in [0, 0.1) is 10.1 Å². The van der Waals surface area contributed by atoms with Gasteiger partial charge in [0.2, 0.25) is 11.8 Å². The molecular formula is C18H16N4O5S. The predicted octanol–water partition coefficient (Wildman–Crippen LogP) is 3.77. The van der Waals surface area contributed by atoms with Crippen molar-refractivity contribution in [3.63, 3.8) is 0 Å². The Labute approximate surface area is 164 Å². The molecule has 3 aromatic rings. The quantitative estimate of drug-likeness (QED) is 0.361. The number of rotatable bonds is 7. The molecule has 0 aliphatic rings. The number of nitrogens with zero attached hydrogens (tertiary/aromatic N) is 3. The minimum absolute atomic E-state index is 0.0721. The Bertz CT molecular complexity index is 990. The number of carbonyl (C=O) groups excluding carboxylic acids is 1. The molecule has 1 heterocycles. The zero-order valence-electron chi connectivity index (χ0n) is 15.0. The zero-order chi connectivity index (χ0) is 20.1. The normalized spacial score (nSPS) is 11.6. The molecule has 0 saturated heterocycles. The van der Waals surface area contributed by atoms with E-state index in [1.165, 1.54) is 18.2 Å². The Balaban J connectivity index is 1.64. The number of ether oxygens (including phenoxy) is 1. The Morgan fingerprint density at radius 3 is 2.68 bits per heavy atom.